The van der Waals surface area contributed by atoms with E-state index >= 15 is 0 Å². The zero-order chi connectivity index (χ0) is 14.7. The Morgan fingerprint density at radius 2 is 1.65 bits per heavy atom. The van der Waals surface area contributed by atoms with Gasteiger partial charge in [0.2, 0.25) is 0 Å². The predicted octanol–water partition coefficient (Wildman–Crippen LogP) is -0.0557. The quantitative estimate of drug-likeness (QED) is 0.677. The van der Waals surface area contributed by atoms with Gasteiger partial charge >= 0.3 is 5.97 Å². The molecular formula is C13H20O7. The van der Waals surface area contributed by atoms with E-state index < -0.39 is 48.1 Å². The molecule has 0 aromatic carbocycles. The molecule has 114 valence electrons. The Labute approximate surface area is 117 Å². The van der Waals surface area contributed by atoms with E-state index in [9.17, 15) is 9.90 Å². The number of aliphatic hydroxyl groups excluding tert-OH is 1. The van der Waals surface area contributed by atoms with Gasteiger partial charge in [0, 0.05) is 0 Å². The molecule has 7 heteroatoms. The topological polar surface area (TPSA) is 83.5 Å². The van der Waals surface area contributed by atoms with Crippen LogP contribution in [-0.2, 0) is 28.5 Å². The maximum Gasteiger partial charge on any atom is 0.338 e. The van der Waals surface area contributed by atoms with Crippen LogP contribution in [0, 0.1) is 0 Å². The molecule has 0 aliphatic carbocycles. The van der Waals surface area contributed by atoms with E-state index in [1.165, 1.54) is 0 Å². The predicted molar refractivity (Wildman–Crippen MR) is 64.6 cm³/mol. The van der Waals surface area contributed by atoms with Gasteiger partial charge in [-0.05, 0) is 27.7 Å². The number of hydrogen-bond acceptors (Lipinski definition) is 7. The van der Waals surface area contributed by atoms with Gasteiger partial charge in [-0.15, -0.1) is 0 Å². The fourth-order valence-corrected chi connectivity index (χ4v) is 2.89. The average molecular weight is 288 g/mol. The number of carbonyl (C=O) groups excluding carboxylic acids is 1. The summed E-state index contributed by atoms with van der Waals surface area (Å²) in [4.78, 5) is 11.8. The van der Waals surface area contributed by atoms with E-state index in [0.29, 0.717) is 6.61 Å². The second-order valence-electron chi connectivity index (χ2n) is 6.28. The van der Waals surface area contributed by atoms with Gasteiger partial charge in [0.15, 0.2) is 23.8 Å². The van der Waals surface area contributed by atoms with E-state index in [-0.39, 0.29) is 0 Å². The maximum absolute atomic E-state index is 11.8. The third-order valence-electron chi connectivity index (χ3n) is 3.69. The summed E-state index contributed by atoms with van der Waals surface area (Å²) in [5.41, 5.74) is 0. The van der Waals surface area contributed by atoms with Gasteiger partial charge in [0.05, 0.1) is 6.61 Å². The van der Waals surface area contributed by atoms with Crippen LogP contribution < -0.4 is 0 Å². The summed E-state index contributed by atoms with van der Waals surface area (Å²) < 4.78 is 27.9. The van der Waals surface area contributed by atoms with Crippen LogP contribution in [-0.4, -0.2) is 59.8 Å². The fourth-order valence-electron chi connectivity index (χ4n) is 2.89. The van der Waals surface area contributed by atoms with Crippen molar-refractivity contribution >= 4 is 5.97 Å². The van der Waals surface area contributed by atoms with Crippen LogP contribution in [0.25, 0.3) is 0 Å². The van der Waals surface area contributed by atoms with E-state index in [4.69, 9.17) is 23.7 Å². The van der Waals surface area contributed by atoms with Crippen LogP contribution >= 0.6 is 0 Å². The molecule has 0 aromatic rings. The molecule has 1 N–H and O–H groups in total. The van der Waals surface area contributed by atoms with Crippen LogP contribution in [0.2, 0.25) is 0 Å². The van der Waals surface area contributed by atoms with Gasteiger partial charge in [-0.25, -0.2) is 4.79 Å². The van der Waals surface area contributed by atoms with Crippen LogP contribution in [0.4, 0.5) is 0 Å². The Bertz CT molecular complexity index is 419. The largest absolute Gasteiger partial charge is 0.455 e. The van der Waals surface area contributed by atoms with Crippen molar-refractivity contribution in [3.05, 3.63) is 0 Å². The summed E-state index contributed by atoms with van der Waals surface area (Å²) in [5.74, 6) is -2.32. The molecule has 3 saturated heterocycles. The molecule has 7 nitrogen and oxygen atoms in total. The third-order valence-corrected chi connectivity index (χ3v) is 3.69. The Hall–Kier alpha value is -0.730. The number of fused-ring (bicyclic) bond motifs is 1. The molecule has 0 aromatic heterocycles. The lowest BCUT2D eigenvalue weighted by Crippen LogP contribution is -2.58. The lowest BCUT2D eigenvalue weighted by atomic mass is 9.96. The van der Waals surface area contributed by atoms with Crippen molar-refractivity contribution in [2.45, 2.75) is 69.8 Å². The molecule has 3 heterocycles. The van der Waals surface area contributed by atoms with Gasteiger partial charge < -0.3 is 28.8 Å². The van der Waals surface area contributed by atoms with Crippen molar-refractivity contribution in [1.29, 1.82) is 0 Å². The van der Waals surface area contributed by atoms with E-state index in [0.717, 1.165) is 0 Å². The average Bonchev–Trinajstić information content (AvgIpc) is 2.83. The first-order chi connectivity index (χ1) is 9.19. The second kappa shape index (κ2) is 4.38. The summed E-state index contributed by atoms with van der Waals surface area (Å²) in [7, 11) is 0. The first-order valence-corrected chi connectivity index (χ1v) is 6.74. The van der Waals surface area contributed by atoms with Gasteiger partial charge in [-0.1, -0.05) is 0 Å². The highest BCUT2D eigenvalue weighted by Gasteiger charge is 2.58. The Morgan fingerprint density at radius 1 is 1.00 bits per heavy atom. The SMILES string of the molecule is CC1(C)O[C@H]2[C@@H](O1)[C@H](O)C(=O)O[C@@H]2[C@H]1COC(C)(C)O1. The van der Waals surface area contributed by atoms with Crippen LogP contribution in [0.15, 0.2) is 0 Å². The molecule has 0 radical (unpaired) electrons. The van der Waals surface area contributed by atoms with Crippen molar-refractivity contribution in [2.24, 2.45) is 0 Å². The minimum atomic E-state index is -1.34. The van der Waals surface area contributed by atoms with Crippen molar-refractivity contribution < 1.29 is 33.6 Å². The van der Waals surface area contributed by atoms with Gasteiger partial charge in [-0.3, -0.25) is 0 Å². The van der Waals surface area contributed by atoms with Crippen molar-refractivity contribution in [3.63, 3.8) is 0 Å². The van der Waals surface area contributed by atoms with Gasteiger partial charge in [-0.2, -0.15) is 0 Å². The first-order valence-electron chi connectivity index (χ1n) is 6.74. The molecule has 0 amide bonds. The van der Waals surface area contributed by atoms with Crippen LogP contribution in [0.5, 0.6) is 0 Å². The number of carbonyl (C=O) groups is 1. The van der Waals surface area contributed by atoms with Gasteiger partial charge in [0.1, 0.15) is 18.3 Å². The Kier molecular flexibility index (Phi) is 3.11. The minimum Gasteiger partial charge on any atom is -0.455 e. The number of rotatable bonds is 1. The smallest absolute Gasteiger partial charge is 0.338 e. The molecule has 0 unspecified atom stereocenters. The lowest BCUT2D eigenvalue weighted by molar-refractivity contribution is -0.208. The summed E-state index contributed by atoms with van der Waals surface area (Å²) in [6, 6.07) is 0. The van der Waals surface area contributed by atoms with Crippen LogP contribution in [0.3, 0.4) is 0 Å². The second-order valence-corrected chi connectivity index (χ2v) is 6.28. The zero-order valence-corrected chi connectivity index (χ0v) is 12.0. The van der Waals surface area contributed by atoms with Crippen molar-refractivity contribution in [1.82, 2.24) is 0 Å². The van der Waals surface area contributed by atoms with Crippen molar-refractivity contribution in [3.8, 4) is 0 Å². The highest BCUT2D eigenvalue weighted by molar-refractivity contribution is 5.76. The molecular weight excluding hydrogens is 268 g/mol. The monoisotopic (exact) mass is 288 g/mol. The molecule has 0 bridgehead atoms. The fraction of sp³-hybridized carbons (Fsp3) is 0.923. The molecule has 5 atom stereocenters. The molecule has 20 heavy (non-hydrogen) atoms. The number of ether oxygens (including phenoxy) is 5. The zero-order valence-electron chi connectivity index (χ0n) is 12.0. The number of esters is 1. The minimum absolute atomic E-state index is 0.300. The lowest BCUT2D eigenvalue weighted by Gasteiger charge is -2.36. The van der Waals surface area contributed by atoms with Crippen molar-refractivity contribution in [2.75, 3.05) is 6.61 Å². The molecule has 3 aliphatic rings. The van der Waals surface area contributed by atoms with E-state index in [2.05, 4.69) is 0 Å². The van der Waals surface area contributed by atoms with E-state index in [1.54, 1.807) is 27.7 Å². The molecule has 3 fully saturated rings. The Balaban J connectivity index is 1.82. The van der Waals surface area contributed by atoms with Gasteiger partial charge in [0.25, 0.3) is 0 Å². The highest BCUT2D eigenvalue weighted by atomic mass is 16.8. The standard InChI is InChI=1S/C13H20O7/c1-12(2)16-5-6(18-12)8-10-9(7(14)11(15)17-8)19-13(3,4)20-10/h6-10,14H,5H2,1-4H3/t6-,7+,8-,9+,10-/m1/s1. The first kappa shape index (κ1) is 14.2. The molecule has 0 saturated carbocycles. The summed E-state index contributed by atoms with van der Waals surface area (Å²) in [6.45, 7) is 7.35. The highest BCUT2D eigenvalue weighted by Crippen LogP contribution is 2.39. The Morgan fingerprint density at radius 3 is 2.25 bits per heavy atom. The normalized spacial score (nSPS) is 46.0. The molecule has 3 rings (SSSR count). The number of cyclic esters (lactones) is 1. The maximum atomic E-state index is 11.8. The summed E-state index contributed by atoms with van der Waals surface area (Å²) >= 11 is 0. The van der Waals surface area contributed by atoms with Crippen LogP contribution in [0.1, 0.15) is 27.7 Å². The number of hydrogen-bond donors (Lipinski definition) is 1. The van der Waals surface area contributed by atoms with E-state index in [1.807, 2.05) is 0 Å². The molecule has 0 spiro atoms. The molecule has 3 aliphatic heterocycles. The summed E-state index contributed by atoms with van der Waals surface area (Å²) in [6.07, 6.45) is -3.75. The summed E-state index contributed by atoms with van der Waals surface area (Å²) in [5, 5.41) is 9.89. The number of aliphatic hydroxyl groups is 1. The third kappa shape index (κ3) is 2.33.